The van der Waals surface area contributed by atoms with Crippen molar-refractivity contribution in [3.05, 3.63) is 70.9 Å². The molecule has 1 aromatic carbocycles. The first-order valence-corrected chi connectivity index (χ1v) is 8.47. The van der Waals surface area contributed by atoms with E-state index in [2.05, 4.69) is 10.2 Å². The molecule has 1 N–H and O–H groups in total. The number of aromatic nitrogens is 5. The lowest BCUT2D eigenvalue weighted by Gasteiger charge is -2.09. The summed E-state index contributed by atoms with van der Waals surface area (Å²) in [6.45, 7) is 1.77. The van der Waals surface area contributed by atoms with Crippen LogP contribution < -0.4 is 5.56 Å². The number of aryl methyl sites for hydroxylation is 2. The van der Waals surface area contributed by atoms with Crippen molar-refractivity contribution in [3.8, 4) is 11.5 Å². The number of hydrogen-bond donors (Lipinski definition) is 1. The lowest BCUT2D eigenvalue weighted by Crippen LogP contribution is -2.25. The number of carbonyl (C=O) groups is 1. The number of benzene rings is 1. The van der Waals surface area contributed by atoms with E-state index in [9.17, 15) is 9.59 Å². The molecule has 0 saturated heterocycles. The van der Waals surface area contributed by atoms with Gasteiger partial charge in [0.2, 0.25) is 0 Å². The number of carboxylic acid groups (broad SMARTS) is 1. The number of rotatable bonds is 5. The van der Waals surface area contributed by atoms with E-state index in [4.69, 9.17) is 5.11 Å². The minimum atomic E-state index is -0.980. The van der Waals surface area contributed by atoms with E-state index in [0.717, 1.165) is 5.69 Å². The molecule has 8 heteroatoms. The van der Waals surface area contributed by atoms with Gasteiger partial charge in [-0.3, -0.25) is 9.59 Å². The molecule has 3 aromatic heterocycles. The summed E-state index contributed by atoms with van der Waals surface area (Å²) in [5, 5.41) is 18.2. The van der Waals surface area contributed by atoms with Crippen LogP contribution in [0.25, 0.3) is 22.4 Å². The van der Waals surface area contributed by atoms with Crippen molar-refractivity contribution in [2.75, 3.05) is 0 Å². The third kappa shape index (κ3) is 2.91. The molecule has 136 valence electrons. The van der Waals surface area contributed by atoms with Crippen molar-refractivity contribution in [2.45, 2.75) is 19.9 Å². The maximum Gasteiger partial charge on any atom is 0.305 e. The van der Waals surface area contributed by atoms with E-state index in [0.29, 0.717) is 22.4 Å². The predicted molar refractivity (Wildman–Crippen MR) is 99.4 cm³/mol. The first-order valence-electron chi connectivity index (χ1n) is 8.47. The molecule has 0 aliphatic rings. The molecule has 0 unspecified atom stereocenters. The van der Waals surface area contributed by atoms with Crippen LogP contribution in [0.4, 0.5) is 0 Å². The second kappa shape index (κ2) is 6.56. The fraction of sp³-hybridized carbons (Fsp3) is 0.158. The maximum absolute atomic E-state index is 13.1. The highest BCUT2D eigenvalue weighted by atomic mass is 16.4. The summed E-state index contributed by atoms with van der Waals surface area (Å²) in [5.74, 6) is -0.382. The second-order valence-corrected chi connectivity index (χ2v) is 6.14. The van der Waals surface area contributed by atoms with Crippen molar-refractivity contribution in [2.24, 2.45) is 0 Å². The van der Waals surface area contributed by atoms with Crippen molar-refractivity contribution in [3.63, 3.8) is 0 Å². The van der Waals surface area contributed by atoms with E-state index in [1.54, 1.807) is 11.6 Å². The second-order valence-electron chi connectivity index (χ2n) is 6.14. The fourth-order valence-corrected chi connectivity index (χ4v) is 3.08. The lowest BCUT2D eigenvalue weighted by atomic mass is 10.2. The van der Waals surface area contributed by atoms with Crippen molar-refractivity contribution in [1.82, 2.24) is 24.1 Å². The Labute approximate surface area is 153 Å². The summed E-state index contributed by atoms with van der Waals surface area (Å²) in [5.41, 5.74) is 1.52. The molecule has 0 atom stereocenters. The molecular weight excluding hydrogens is 346 g/mol. The van der Waals surface area contributed by atoms with Gasteiger partial charge in [-0.15, -0.1) is 0 Å². The highest BCUT2D eigenvalue weighted by molar-refractivity contribution is 5.87. The Hall–Kier alpha value is -3.68. The van der Waals surface area contributed by atoms with Crippen molar-refractivity contribution >= 4 is 16.9 Å². The SMILES string of the molecule is Cc1nn(CCC(=O)O)c(=O)c2c(-n3cccc3)n(-c3ccccc3)nc12. The third-order valence-corrected chi connectivity index (χ3v) is 4.31. The van der Waals surface area contributed by atoms with Gasteiger partial charge in [0, 0.05) is 12.4 Å². The van der Waals surface area contributed by atoms with Crippen LogP contribution in [-0.2, 0) is 11.3 Å². The van der Waals surface area contributed by atoms with Crippen LogP contribution in [0.1, 0.15) is 12.1 Å². The van der Waals surface area contributed by atoms with E-state index in [1.807, 2.05) is 59.4 Å². The molecular formula is C19H17N5O3. The zero-order chi connectivity index (χ0) is 19.0. The predicted octanol–water partition coefficient (Wildman–Crippen LogP) is 2.16. The van der Waals surface area contributed by atoms with Gasteiger partial charge in [-0.2, -0.15) is 10.2 Å². The zero-order valence-corrected chi connectivity index (χ0v) is 14.6. The highest BCUT2D eigenvalue weighted by Crippen LogP contribution is 2.24. The van der Waals surface area contributed by atoms with Gasteiger partial charge >= 0.3 is 5.97 Å². The minimum absolute atomic E-state index is 0.00653. The standard InChI is InChI=1S/C19H17N5O3/c1-13-17-16(19(27)23(20-13)12-9-15(25)26)18(22-10-5-6-11-22)24(21-17)14-7-3-2-4-8-14/h2-8,10-11H,9,12H2,1H3,(H,25,26). The largest absolute Gasteiger partial charge is 0.481 e. The summed E-state index contributed by atoms with van der Waals surface area (Å²) < 4.78 is 4.74. The van der Waals surface area contributed by atoms with Gasteiger partial charge in [0.1, 0.15) is 10.9 Å². The lowest BCUT2D eigenvalue weighted by molar-refractivity contribution is -0.137. The van der Waals surface area contributed by atoms with Gasteiger partial charge in [-0.25, -0.2) is 9.36 Å². The number of nitrogens with zero attached hydrogens (tertiary/aromatic N) is 5. The van der Waals surface area contributed by atoms with E-state index < -0.39 is 5.97 Å². The topological polar surface area (TPSA) is 94.9 Å². The fourth-order valence-electron chi connectivity index (χ4n) is 3.08. The van der Waals surface area contributed by atoms with Crippen LogP contribution in [-0.4, -0.2) is 35.2 Å². The van der Waals surface area contributed by atoms with E-state index in [1.165, 1.54) is 4.68 Å². The van der Waals surface area contributed by atoms with Gasteiger partial charge < -0.3 is 9.67 Å². The van der Waals surface area contributed by atoms with Crippen LogP contribution >= 0.6 is 0 Å². The van der Waals surface area contributed by atoms with Gasteiger partial charge in [-0.1, -0.05) is 18.2 Å². The Morgan fingerprint density at radius 2 is 1.78 bits per heavy atom. The molecule has 0 bridgehead atoms. The van der Waals surface area contributed by atoms with E-state index >= 15 is 0 Å². The highest BCUT2D eigenvalue weighted by Gasteiger charge is 2.21. The summed E-state index contributed by atoms with van der Waals surface area (Å²) in [7, 11) is 0. The number of carboxylic acids is 1. The average molecular weight is 363 g/mol. The van der Waals surface area contributed by atoms with E-state index in [-0.39, 0.29) is 18.5 Å². The summed E-state index contributed by atoms with van der Waals surface area (Å²) >= 11 is 0. The smallest absolute Gasteiger partial charge is 0.305 e. The molecule has 4 rings (SSSR count). The molecule has 27 heavy (non-hydrogen) atoms. The first kappa shape index (κ1) is 16.8. The van der Waals surface area contributed by atoms with Gasteiger partial charge in [0.25, 0.3) is 5.56 Å². The van der Waals surface area contributed by atoms with Gasteiger partial charge in [-0.05, 0) is 31.2 Å². The molecule has 0 amide bonds. The monoisotopic (exact) mass is 363 g/mol. The molecule has 0 saturated carbocycles. The molecule has 0 aliphatic heterocycles. The third-order valence-electron chi connectivity index (χ3n) is 4.31. The molecule has 0 radical (unpaired) electrons. The quantitative estimate of drug-likeness (QED) is 0.586. The van der Waals surface area contributed by atoms with Crippen LogP contribution in [0.5, 0.6) is 0 Å². The van der Waals surface area contributed by atoms with Crippen LogP contribution in [0.15, 0.2) is 59.7 Å². The minimum Gasteiger partial charge on any atom is -0.481 e. The number of para-hydroxylation sites is 1. The van der Waals surface area contributed by atoms with Crippen LogP contribution in [0, 0.1) is 6.92 Å². The summed E-state index contributed by atoms with van der Waals surface area (Å²) in [6, 6.07) is 13.3. The molecule has 0 aliphatic carbocycles. The molecule has 0 fully saturated rings. The Kier molecular flexibility index (Phi) is 4.08. The summed E-state index contributed by atoms with van der Waals surface area (Å²) in [6.07, 6.45) is 3.50. The van der Waals surface area contributed by atoms with Gasteiger partial charge in [0.15, 0.2) is 5.82 Å². The molecule has 4 aromatic rings. The molecule has 3 heterocycles. The molecule has 8 nitrogen and oxygen atoms in total. The van der Waals surface area contributed by atoms with Gasteiger partial charge in [0.05, 0.1) is 24.3 Å². The Morgan fingerprint density at radius 1 is 1.07 bits per heavy atom. The van der Waals surface area contributed by atoms with Crippen LogP contribution in [0.3, 0.4) is 0 Å². The Morgan fingerprint density at radius 3 is 2.44 bits per heavy atom. The van der Waals surface area contributed by atoms with Crippen molar-refractivity contribution < 1.29 is 9.90 Å². The molecule has 0 spiro atoms. The van der Waals surface area contributed by atoms with Crippen LogP contribution in [0.2, 0.25) is 0 Å². The first-order chi connectivity index (χ1) is 13.1. The maximum atomic E-state index is 13.1. The number of fused-ring (bicyclic) bond motifs is 1. The number of hydrogen-bond acceptors (Lipinski definition) is 4. The Balaban J connectivity index is 2.04. The zero-order valence-electron chi connectivity index (χ0n) is 14.6. The number of aliphatic carboxylic acids is 1. The average Bonchev–Trinajstić information content (AvgIpc) is 3.31. The Bertz CT molecular complexity index is 1170. The summed E-state index contributed by atoms with van der Waals surface area (Å²) in [4.78, 5) is 24.0. The normalized spacial score (nSPS) is 11.1. The van der Waals surface area contributed by atoms with Crippen molar-refractivity contribution in [1.29, 1.82) is 0 Å².